The van der Waals surface area contributed by atoms with Gasteiger partial charge in [-0.2, -0.15) is 0 Å². The molecule has 0 bridgehead atoms. The third-order valence-corrected chi connectivity index (χ3v) is 6.39. The van der Waals surface area contributed by atoms with E-state index in [1.54, 1.807) is 9.80 Å². The van der Waals surface area contributed by atoms with Crippen LogP contribution in [0, 0.1) is 0 Å². The summed E-state index contributed by atoms with van der Waals surface area (Å²) in [6.07, 6.45) is 10.4. The van der Waals surface area contributed by atoms with Crippen LogP contribution in [-0.4, -0.2) is 46.4 Å². The van der Waals surface area contributed by atoms with E-state index < -0.39 is 6.23 Å². The summed E-state index contributed by atoms with van der Waals surface area (Å²) in [6.45, 7) is 5.23. The lowest BCUT2D eigenvalue weighted by atomic mass is 9.86. The number of nitrogens with zero attached hydrogens (tertiary/aromatic N) is 4. The predicted molar refractivity (Wildman–Crippen MR) is 109 cm³/mol. The van der Waals surface area contributed by atoms with Crippen LogP contribution in [0.1, 0.15) is 76.1 Å². The van der Waals surface area contributed by atoms with Gasteiger partial charge in [0.05, 0.1) is 0 Å². The molecule has 28 heavy (non-hydrogen) atoms. The molecule has 0 aromatic carbocycles. The van der Waals surface area contributed by atoms with Crippen molar-refractivity contribution in [3.8, 4) is 0 Å². The zero-order valence-corrected chi connectivity index (χ0v) is 17.6. The van der Waals surface area contributed by atoms with Crippen molar-refractivity contribution in [3.05, 3.63) is 17.2 Å². The minimum Gasteiger partial charge on any atom is -0.441 e. The Labute approximate surface area is 170 Å². The van der Waals surface area contributed by atoms with Crippen molar-refractivity contribution in [1.29, 1.82) is 0 Å². The maximum Gasteiger partial charge on any atom is 0.329 e. The number of allylic oxidation sites excluding steroid dienone is 1. The van der Waals surface area contributed by atoms with Gasteiger partial charge in [-0.1, -0.05) is 43.3 Å². The van der Waals surface area contributed by atoms with Crippen LogP contribution in [0.3, 0.4) is 0 Å². The first kappa shape index (κ1) is 20.8. The van der Waals surface area contributed by atoms with E-state index in [1.807, 2.05) is 26.0 Å². The molecule has 7 nitrogen and oxygen atoms in total. The summed E-state index contributed by atoms with van der Waals surface area (Å²) in [5.41, 5.74) is 0. The molecule has 2 heterocycles. The molecule has 1 saturated carbocycles. The molecule has 0 N–H and O–H groups in total. The highest BCUT2D eigenvalue weighted by Gasteiger charge is 2.39. The molecule has 1 aromatic heterocycles. The number of hydrogen-bond donors (Lipinski definition) is 0. The van der Waals surface area contributed by atoms with Gasteiger partial charge < -0.3 is 9.64 Å². The van der Waals surface area contributed by atoms with E-state index in [0.717, 1.165) is 37.1 Å². The van der Waals surface area contributed by atoms with Gasteiger partial charge in [-0.3, -0.25) is 4.79 Å². The van der Waals surface area contributed by atoms with Gasteiger partial charge in [0.25, 0.3) is 0 Å². The maximum atomic E-state index is 13.2. The second-order valence-electron chi connectivity index (χ2n) is 7.38. The number of anilines is 1. The van der Waals surface area contributed by atoms with Gasteiger partial charge in [-0.15, -0.1) is 10.2 Å². The number of aromatic nitrogens is 2. The third kappa shape index (κ3) is 4.90. The lowest BCUT2D eigenvalue weighted by Crippen LogP contribution is -2.56. The fraction of sp³-hybridized carbons (Fsp3) is 0.700. The Balaban J connectivity index is 1.75. The SMILES string of the molecule is C/C=C/CCN1CCC(OC(=O)CCCC)N(c2nnc(C3CCC3)s2)C1=O. The van der Waals surface area contributed by atoms with E-state index in [1.165, 1.54) is 17.8 Å². The van der Waals surface area contributed by atoms with Crippen molar-refractivity contribution in [3.63, 3.8) is 0 Å². The molecule has 2 fully saturated rings. The first-order valence-electron chi connectivity index (χ1n) is 10.4. The predicted octanol–water partition coefficient (Wildman–Crippen LogP) is 4.46. The molecule has 8 heteroatoms. The van der Waals surface area contributed by atoms with Gasteiger partial charge in [-0.05, 0) is 32.6 Å². The molecule has 2 aliphatic rings. The summed E-state index contributed by atoms with van der Waals surface area (Å²) >= 11 is 1.46. The van der Waals surface area contributed by atoms with Crippen LogP contribution in [0.15, 0.2) is 12.2 Å². The average Bonchev–Trinajstić information content (AvgIpc) is 3.09. The van der Waals surface area contributed by atoms with Gasteiger partial charge in [0.2, 0.25) is 5.13 Å². The largest absolute Gasteiger partial charge is 0.441 e. The molecule has 1 aliphatic carbocycles. The lowest BCUT2D eigenvalue weighted by molar-refractivity contribution is -0.149. The number of ether oxygens (including phenoxy) is 1. The number of unbranched alkanes of at least 4 members (excludes halogenated alkanes) is 1. The van der Waals surface area contributed by atoms with Crippen molar-refractivity contribution in [1.82, 2.24) is 15.1 Å². The summed E-state index contributed by atoms with van der Waals surface area (Å²) in [5.74, 6) is 0.207. The van der Waals surface area contributed by atoms with E-state index >= 15 is 0 Å². The molecule has 0 spiro atoms. The first-order chi connectivity index (χ1) is 13.6. The molecule has 1 saturated heterocycles. The minimum atomic E-state index is -0.600. The summed E-state index contributed by atoms with van der Waals surface area (Å²) in [4.78, 5) is 28.7. The molecule has 1 aliphatic heterocycles. The van der Waals surface area contributed by atoms with Crippen LogP contribution in [-0.2, 0) is 9.53 Å². The Morgan fingerprint density at radius 1 is 1.32 bits per heavy atom. The fourth-order valence-corrected chi connectivity index (χ4v) is 4.41. The minimum absolute atomic E-state index is 0.152. The third-order valence-electron chi connectivity index (χ3n) is 5.30. The van der Waals surface area contributed by atoms with Crippen molar-refractivity contribution < 1.29 is 14.3 Å². The summed E-state index contributed by atoms with van der Waals surface area (Å²) in [7, 11) is 0. The molecule has 1 atom stereocenters. The van der Waals surface area contributed by atoms with Gasteiger partial charge in [0.15, 0.2) is 6.23 Å². The molecule has 154 valence electrons. The Bertz CT molecular complexity index is 701. The van der Waals surface area contributed by atoms with Gasteiger partial charge in [0.1, 0.15) is 5.01 Å². The molecule has 3 rings (SSSR count). The average molecular weight is 407 g/mol. The van der Waals surface area contributed by atoms with Crippen molar-refractivity contribution in [2.75, 3.05) is 18.0 Å². The van der Waals surface area contributed by atoms with Crippen LogP contribution in [0.4, 0.5) is 9.93 Å². The van der Waals surface area contributed by atoms with Gasteiger partial charge in [0, 0.05) is 31.8 Å². The molecule has 1 aromatic rings. The number of amides is 2. The number of carbonyl (C=O) groups is 2. The van der Waals surface area contributed by atoms with Crippen LogP contribution in [0.5, 0.6) is 0 Å². The highest BCUT2D eigenvalue weighted by molar-refractivity contribution is 7.15. The normalized spacial score (nSPS) is 20.6. The Kier molecular flexibility index (Phi) is 7.42. The highest BCUT2D eigenvalue weighted by Crippen LogP contribution is 2.40. The van der Waals surface area contributed by atoms with E-state index in [0.29, 0.717) is 37.0 Å². The molecular formula is C20H30N4O3S. The monoisotopic (exact) mass is 406 g/mol. The van der Waals surface area contributed by atoms with Crippen LogP contribution in [0.25, 0.3) is 0 Å². The van der Waals surface area contributed by atoms with Crippen molar-refractivity contribution in [2.45, 2.75) is 77.4 Å². The summed E-state index contributed by atoms with van der Waals surface area (Å²) in [5, 5.41) is 10.1. The highest BCUT2D eigenvalue weighted by atomic mass is 32.1. The molecule has 1 unspecified atom stereocenters. The van der Waals surface area contributed by atoms with Crippen LogP contribution < -0.4 is 4.90 Å². The number of carbonyl (C=O) groups excluding carboxylic acids is 2. The van der Waals surface area contributed by atoms with Crippen molar-refractivity contribution in [2.24, 2.45) is 0 Å². The smallest absolute Gasteiger partial charge is 0.329 e. The Morgan fingerprint density at radius 3 is 2.82 bits per heavy atom. The van der Waals surface area contributed by atoms with Gasteiger partial charge >= 0.3 is 12.0 Å². The second-order valence-corrected chi connectivity index (χ2v) is 8.37. The van der Waals surface area contributed by atoms with E-state index in [2.05, 4.69) is 10.2 Å². The van der Waals surface area contributed by atoms with Crippen molar-refractivity contribution >= 4 is 28.5 Å². The zero-order chi connectivity index (χ0) is 19.9. The van der Waals surface area contributed by atoms with E-state index in [9.17, 15) is 9.59 Å². The summed E-state index contributed by atoms with van der Waals surface area (Å²) in [6, 6.07) is -0.152. The number of rotatable bonds is 9. The fourth-order valence-electron chi connectivity index (χ4n) is 3.36. The Hall–Kier alpha value is -1.96. The van der Waals surface area contributed by atoms with Crippen LogP contribution >= 0.6 is 11.3 Å². The standard InChI is InChI=1S/C20H30N4O3S/c1-3-5-7-13-23-14-12-16(27-17(25)11-6-4-2)24(20(23)26)19-22-21-18(28-19)15-9-8-10-15/h3,5,15-16H,4,6-14H2,1-2H3/b5-3+. The summed E-state index contributed by atoms with van der Waals surface area (Å²) < 4.78 is 5.68. The topological polar surface area (TPSA) is 75.6 Å². The lowest BCUT2D eigenvalue weighted by Gasteiger charge is -2.39. The number of urea groups is 1. The number of esters is 1. The molecule has 0 radical (unpaired) electrons. The van der Waals surface area contributed by atoms with E-state index in [4.69, 9.17) is 4.74 Å². The quantitative estimate of drug-likeness (QED) is 0.447. The Morgan fingerprint density at radius 2 is 2.14 bits per heavy atom. The van der Waals surface area contributed by atoms with Gasteiger partial charge in [-0.25, -0.2) is 9.69 Å². The second kappa shape index (κ2) is 10.0. The van der Waals surface area contributed by atoms with Crippen LogP contribution in [0.2, 0.25) is 0 Å². The zero-order valence-electron chi connectivity index (χ0n) is 16.8. The number of hydrogen-bond acceptors (Lipinski definition) is 6. The van der Waals surface area contributed by atoms with E-state index in [-0.39, 0.29) is 12.0 Å². The molecule has 2 amide bonds. The molecular weight excluding hydrogens is 376 g/mol. The first-order valence-corrected chi connectivity index (χ1v) is 11.2. The maximum absolute atomic E-state index is 13.2.